The predicted molar refractivity (Wildman–Crippen MR) is 95.4 cm³/mol. The third-order valence-corrected chi connectivity index (χ3v) is 5.29. The van der Waals surface area contributed by atoms with Crippen molar-refractivity contribution >= 4 is 17.2 Å². The van der Waals surface area contributed by atoms with E-state index in [1.54, 1.807) is 11.3 Å². The highest BCUT2D eigenvalue weighted by atomic mass is 32.1. The van der Waals surface area contributed by atoms with E-state index in [4.69, 9.17) is 0 Å². The molecule has 3 rings (SSSR count). The van der Waals surface area contributed by atoms with E-state index in [1.165, 1.54) is 16.0 Å². The van der Waals surface area contributed by atoms with Crippen LogP contribution in [0.3, 0.4) is 0 Å². The van der Waals surface area contributed by atoms with Crippen LogP contribution in [0.1, 0.15) is 35.3 Å². The van der Waals surface area contributed by atoms with E-state index >= 15 is 0 Å². The van der Waals surface area contributed by atoms with Crippen LogP contribution >= 0.6 is 11.3 Å². The zero-order valence-corrected chi connectivity index (χ0v) is 14.4. The minimum Gasteiger partial charge on any atom is -0.335 e. The van der Waals surface area contributed by atoms with E-state index in [2.05, 4.69) is 58.9 Å². The molecule has 2 heterocycles. The zero-order chi connectivity index (χ0) is 16.1. The number of hydrogen-bond acceptors (Lipinski definition) is 3. The Morgan fingerprint density at radius 1 is 1.30 bits per heavy atom. The van der Waals surface area contributed by atoms with Crippen LogP contribution in [0, 0.1) is 6.92 Å². The van der Waals surface area contributed by atoms with Gasteiger partial charge in [-0.25, -0.2) is 0 Å². The second-order valence-electron chi connectivity index (χ2n) is 6.25. The summed E-state index contributed by atoms with van der Waals surface area (Å²) in [6, 6.07) is 13.1. The van der Waals surface area contributed by atoms with E-state index in [1.807, 2.05) is 0 Å². The molecule has 1 aliphatic heterocycles. The van der Waals surface area contributed by atoms with E-state index in [0.717, 1.165) is 32.5 Å². The van der Waals surface area contributed by atoms with E-state index in [9.17, 15) is 4.79 Å². The molecule has 4 heteroatoms. The molecule has 1 unspecified atom stereocenters. The maximum atomic E-state index is 12.1. The predicted octanol–water partition coefficient (Wildman–Crippen LogP) is 3.73. The van der Waals surface area contributed by atoms with Gasteiger partial charge in [0, 0.05) is 23.9 Å². The minimum absolute atomic E-state index is 0.307. The van der Waals surface area contributed by atoms with Gasteiger partial charge in [-0.3, -0.25) is 4.79 Å². The molecule has 3 nitrogen and oxygen atoms in total. The molecule has 0 radical (unpaired) electrons. The van der Waals surface area contributed by atoms with Crippen molar-refractivity contribution in [2.75, 3.05) is 6.54 Å². The van der Waals surface area contributed by atoms with Crippen molar-refractivity contribution in [2.24, 2.45) is 0 Å². The number of carbonyl (C=O) groups is 1. The van der Waals surface area contributed by atoms with Gasteiger partial charge < -0.3 is 10.2 Å². The molecule has 1 amide bonds. The van der Waals surface area contributed by atoms with Crippen molar-refractivity contribution in [2.45, 2.75) is 45.3 Å². The Hall–Kier alpha value is -1.65. The van der Waals surface area contributed by atoms with Crippen molar-refractivity contribution in [1.29, 1.82) is 0 Å². The van der Waals surface area contributed by atoms with Crippen LogP contribution in [0.15, 0.2) is 41.8 Å². The van der Waals surface area contributed by atoms with Gasteiger partial charge in [-0.15, -0.1) is 11.3 Å². The van der Waals surface area contributed by atoms with Gasteiger partial charge >= 0.3 is 0 Å². The number of nitrogens with one attached hydrogen (secondary N) is 1. The molecule has 0 bridgehead atoms. The summed E-state index contributed by atoms with van der Waals surface area (Å²) in [5.74, 6) is 0.307. The highest BCUT2D eigenvalue weighted by Gasteiger charge is 2.30. The molecule has 122 valence electrons. The van der Waals surface area contributed by atoms with E-state index in [-0.39, 0.29) is 0 Å². The number of likely N-dealkylation sites (tertiary alicyclic amines) is 1. The summed E-state index contributed by atoms with van der Waals surface area (Å²) in [5, 5.41) is 5.59. The number of rotatable bonds is 7. The molecular formula is C19H24N2OS. The molecule has 0 spiro atoms. The number of benzene rings is 1. The summed E-state index contributed by atoms with van der Waals surface area (Å²) in [5.41, 5.74) is 2.62. The Morgan fingerprint density at radius 3 is 3.00 bits per heavy atom. The molecular weight excluding hydrogens is 304 g/mol. The fraction of sp³-hybridized carbons (Fsp3) is 0.421. The molecule has 1 N–H and O–H groups in total. The zero-order valence-electron chi connectivity index (χ0n) is 13.6. The molecule has 1 aromatic heterocycles. The van der Waals surface area contributed by atoms with Gasteiger partial charge in [-0.2, -0.15) is 0 Å². The summed E-state index contributed by atoms with van der Waals surface area (Å²) in [7, 11) is 0. The first kappa shape index (κ1) is 16.2. The fourth-order valence-electron chi connectivity index (χ4n) is 3.20. The normalized spacial score (nSPS) is 17.9. The number of hydrogen-bond donors (Lipinski definition) is 1. The molecule has 1 aliphatic rings. The lowest BCUT2D eigenvalue weighted by molar-refractivity contribution is -0.129. The van der Waals surface area contributed by atoms with Crippen LogP contribution in [-0.4, -0.2) is 23.4 Å². The maximum absolute atomic E-state index is 12.1. The average molecular weight is 328 g/mol. The Balaban J connectivity index is 1.46. The Morgan fingerprint density at radius 2 is 2.22 bits per heavy atom. The molecule has 2 aromatic rings. The van der Waals surface area contributed by atoms with Crippen LogP contribution < -0.4 is 5.32 Å². The summed E-state index contributed by atoms with van der Waals surface area (Å²) >= 11 is 1.73. The van der Waals surface area contributed by atoms with Gasteiger partial charge in [-0.1, -0.05) is 35.9 Å². The van der Waals surface area contributed by atoms with Gasteiger partial charge in [0.05, 0.1) is 6.54 Å². The third kappa shape index (κ3) is 4.43. The number of nitrogens with zero attached hydrogens (tertiary/aromatic N) is 1. The topological polar surface area (TPSA) is 32.3 Å². The number of carbonyl (C=O) groups excluding carboxylic acids is 1. The second kappa shape index (κ2) is 7.75. The first-order valence-corrected chi connectivity index (χ1v) is 9.18. The van der Waals surface area contributed by atoms with Crippen LogP contribution in [0.4, 0.5) is 0 Å². The van der Waals surface area contributed by atoms with Crippen molar-refractivity contribution < 1.29 is 4.79 Å². The van der Waals surface area contributed by atoms with Gasteiger partial charge in [0.1, 0.15) is 0 Å². The highest BCUT2D eigenvalue weighted by Crippen LogP contribution is 2.25. The Bertz CT molecular complexity index is 639. The summed E-state index contributed by atoms with van der Waals surface area (Å²) in [6.45, 7) is 4.75. The molecule has 1 aromatic carbocycles. The Labute approximate surface area is 142 Å². The van der Waals surface area contributed by atoms with Crippen LogP contribution in [0.2, 0.25) is 0 Å². The number of thiophene rings is 1. The van der Waals surface area contributed by atoms with E-state index < -0.39 is 0 Å². The summed E-state index contributed by atoms with van der Waals surface area (Å²) < 4.78 is 0. The number of aryl methyl sites for hydroxylation is 1. The lowest BCUT2D eigenvalue weighted by Gasteiger charge is -2.24. The van der Waals surface area contributed by atoms with Crippen molar-refractivity contribution in [1.82, 2.24) is 10.2 Å². The third-order valence-electron chi connectivity index (χ3n) is 4.42. The quantitative estimate of drug-likeness (QED) is 0.786. The van der Waals surface area contributed by atoms with Gasteiger partial charge in [0.15, 0.2) is 0 Å². The largest absolute Gasteiger partial charge is 0.335 e. The summed E-state index contributed by atoms with van der Waals surface area (Å²) in [6.07, 6.45) is 2.73. The summed E-state index contributed by atoms with van der Waals surface area (Å²) in [4.78, 5) is 15.5. The lowest BCUT2D eigenvalue weighted by atomic mass is 10.1. The van der Waals surface area contributed by atoms with E-state index in [0.29, 0.717) is 18.4 Å². The first-order valence-electron chi connectivity index (χ1n) is 8.30. The molecule has 1 atom stereocenters. The van der Waals surface area contributed by atoms with Gasteiger partial charge in [0.2, 0.25) is 5.91 Å². The van der Waals surface area contributed by atoms with Crippen molar-refractivity contribution in [3.8, 4) is 0 Å². The minimum atomic E-state index is 0.307. The molecule has 0 saturated carbocycles. The van der Waals surface area contributed by atoms with Crippen molar-refractivity contribution in [3.63, 3.8) is 0 Å². The molecule has 1 saturated heterocycles. The average Bonchev–Trinajstić information content (AvgIpc) is 3.16. The SMILES string of the molecule is Cc1cccc(CNCCC2CCC(=O)N2Cc2cccs2)c1. The van der Waals surface area contributed by atoms with Crippen LogP contribution in [0.25, 0.3) is 0 Å². The van der Waals surface area contributed by atoms with Gasteiger partial charge in [0.25, 0.3) is 0 Å². The first-order chi connectivity index (χ1) is 11.2. The van der Waals surface area contributed by atoms with Crippen molar-refractivity contribution in [3.05, 3.63) is 57.8 Å². The van der Waals surface area contributed by atoms with Gasteiger partial charge in [-0.05, 0) is 43.3 Å². The molecule has 23 heavy (non-hydrogen) atoms. The highest BCUT2D eigenvalue weighted by molar-refractivity contribution is 7.09. The van der Waals surface area contributed by atoms with Crippen LogP contribution in [0.5, 0.6) is 0 Å². The second-order valence-corrected chi connectivity index (χ2v) is 7.28. The number of amides is 1. The molecule has 0 aliphatic carbocycles. The fourth-order valence-corrected chi connectivity index (χ4v) is 3.91. The maximum Gasteiger partial charge on any atom is 0.223 e. The molecule has 1 fully saturated rings. The lowest BCUT2D eigenvalue weighted by Crippen LogP contribution is -2.34. The monoisotopic (exact) mass is 328 g/mol. The standard InChI is InChI=1S/C19H24N2OS/c1-15-4-2-5-16(12-15)13-20-10-9-17-7-8-19(22)21(17)14-18-6-3-11-23-18/h2-6,11-12,17,20H,7-10,13-14H2,1H3. The Kier molecular flexibility index (Phi) is 5.47. The smallest absolute Gasteiger partial charge is 0.223 e. The van der Waals surface area contributed by atoms with Crippen LogP contribution in [-0.2, 0) is 17.9 Å².